The highest BCUT2D eigenvalue weighted by atomic mass is 16.3. The number of nitrogen functional groups attached to an aromatic ring is 1. The number of amides is 1. The van der Waals surface area contributed by atoms with Crippen LogP contribution in [0.1, 0.15) is 12.8 Å². The third-order valence-corrected chi connectivity index (χ3v) is 3.35. The summed E-state index contributed by atoms with van der Waals surface area (Å²) in [6.45, 7) is 0.730. The lowest BCUT2D eigenvalue weighted by atomic mass is 10.1. The van der Waals surface area contributed by atoms with Crippen molar-refractivity contribution in [2.24, 2.45) is 0 Å². The van der Waals surface area contributed by atoms with Crippen molar-refractivity contribution in [2.45, 2.75) is 12.8 Å². The first-order valence-corrected chi connectivity index (χ1v) is 5.98. The SMILES string of the molecule is Nc1cc(O)cc2c(N3CCCC3=O)cccc12. The number of phenols is 1. The third-order valence-electron chi connectivity index (χ3n) is 3.35. The molecule has 1 fully saturated rings. The Morgan fingerprint density at radius 2 is 2.06 bits per heavy atom. The predicted octanol–water partition coefficient (Wildman–Crippen LogP) is 2.25. The number of carbonyl (C=O) groups is 1. The number of aromatic hydroxyl groups is 1. The van der Waals surface area contributed by atoms with Gasteiger partial charge in [0.25, 0.3) is 0 Å². The van der Waals surface area contributed by atoms with Crippen LogP contribution in [0.2, 0.25) is 0 Å². The van der Waals surface area contributed by atoms with Crippen LogP contribution in [-0.2, 0) is 4.79 Å². The zero-order valence-electron chi connectivity index (χ0n) is 9.89. The topological polar surface area (TPSA) is 66.6 Å². The zero-order chi connectivity index (χ0) is 12.7. The zero-order valence-corrected chi connectivity index (χ0v) is 9.89. The summed E-state index contributed by atoms with van der Waals surface area (Å²) in [6.07, 6.45) is 1.47. The van der Waals surface area contributed by atoms with Gasteiger partial charge in [-0.15, -0.1) is 0 Å². The molecule has 0 unspecified atom stereocenters. The van der Waals surface area contributed by atoms with Gasteiger partial charge in [0.2, 0.25) is 5.91 Å². The van der Waals surface area contributed by atoms with Crippen molar-refractivity contribution in [3.8, 4) is 5.75 Å². The number of rotatable bonds is 1. The van der Waals surface area contributed by atoms with Crippen LogP contribution in [0.3, 0.4) is 0 Å². The first kappa shape index (κ1) is 10.9. The van der Waals surface area contributed by atoms with Gasteiger partial charge in [0.1, 0.15) is 5.75 Å². The Balaban J connectivity index is 2.26. The van der Waals surface area contributed by atoms with E-state index >= 15 is 0 Å². The van der Waals surface area contributed by atoms with E-state index in [2.05, 4.69) is 0 Å². The molecular weight excluding hydrogens is 228 g/mol. The van der Waals surface area contributed by atoms with Gasteiger partial charge in [0, 0.05) is 35.5 Å². The van der Waals surface area contributed by atoms with Crippen molar-refractivity contribution in [3.05, 3.63) is 30.3 Å². The van der Waals surface area contributed by atoms with E-state index < -0.39 is 0 Å². The fourth-order valence-electron chi connectivity index (χ4n) is 2.52. The average Bonchev–Trinajstić information content (AvgIpc) is 2.74. The number of anilines is 2. The van der Waals surface area contributed by atoms with Gasteiger partial charge < -0.3 is 15.7 Å². The largest absolute Gasteiger partial charge is 0.508 e. The summed E-state index contributed by atoms with van der Waals surface area (Å²) < 4.78 is 0. The first-order chi connectivity index (χ1) is 8.66. The molecule has 1 amide bonds. The Labute approximate surface area is 105 Å². The summed E-state index contributed by atoms with van der Waals surface area (Å²) in [5.41, 5.74) is 7.25. The Bertz CT molecular complexity index is 637. The second-order valence-electron chi connectivity index (χ2n) is 4.56. The van der Waals surface area contributed by atoms with Gasteiger partial charge in [0.15, 0.2) is 0 Å². The number of phenolic OH excluding ortho intramolecular Hbond substituents is 1. The Morgan fingerprint density at radius 3 is 2.78 bits per heavy atom. The number of hydrogen-bond donors (Lipinski definition) is 2. The molecule has 0 spiro atoms. The van der Waals surface area contributed by atoms with Crippen LogP contribution >= 0.6 is 0 Å². The van der Waals surface area contributed by atoms with Gasteiger partial charge in [-0.25, -0.2) is 0 Å². The standard InChI is InChI=1S/C14H14N2O2/c15-12-8-9(17)7-11-10(12)3-1-4-13(11)16-6-2-5-14(16)18/h1,3-4,7-8,17H,2,5-6,15H2. The molecule has 0 atom stereocenters. The van der Waals surface area contributed by atoms with E-state index in [9.17, 15) is 9.90 Å². The number of nitrogens with zero attached hydrogens (tertiary/aromatic N) is 1. The number of hydrogen-bond acceptors (Lipinski definition) is 3. The van der Waals surface area contributed by atoms with Crippen molar-refractivity contribution >= 4 is 28.1 Å². The molecule has 4 nitrogen and oxygen atoms in total. The van der Waals surface area contributed by atoms with E-state index in [-0.39, 0.29) is 11.7 Å². The molecule has 4 heteroatoms. The van der Waals surface area contributed by atoms with Crippen molar-refractivity contribution in [1.29, 1.82) is 0 Å². The maximum absolute atomic E-state index is 11.8. The van der Waals surface area contributed by atoms with E-state index in [0.29, 0.717) is 12.1 Å². The predicted molar refractivity (Wildman–Crippen MR) is 71.6 cm³/mol. The number of nitrogens with two attached hydrogens (primary N) is 1. The van der Waals surface area contributed by atoms with Crippen LogP contribution in [0.4, 0.5) is 11.4 Å². The summed E-state index contributed by atoms with van der Waals surface area (Å²) in [5, 5.41) is 11.4. The van der Waals surface area contributed by atoms with Crippen LogP contribution < -0.4 is 10.6 Å². The molecule has 0 radical (unpaired) electrons. The summed E-state index contributed by atoms with van der Waals surface area (Å²) in [7, 11) is 0. The summed E-state index contributed by atoms with van der Waals surface area (Å²) in [4.78, 5) is 13.6. The third kappa shape index (κ3) is 1.57. The second kappa shape index (κ2) is 3.91. The second-order valence-corrected chi connectivity index (χ2v) is 4.56. The molecule has 0 aromatic heterocycles. The normalized spacial score (nSPS) is 15.6. The lowest BCUT2D eigenvalue weighted by molar-refractivity contribution is -0.117. The highest BCUT2D eigenvalue weighted by molar-refractivity contribution is 6.08. The molecule has 1 aliphatic rings. The Morgan fingerprint density at radius 1 is 1.22 bits per heavy atom. The molecule has 2 aromatic carbocycles. The highest BCUT2D eigenvalue weighted by Crippen LogP contribution is 2.35. The van der Waals surface area contributed by atoms with Crippen molar-refractivity contribution in [3.63, 3.8) is 0 Å². The summed E-state index contributed by atoms with van der Waals surface area (Å²) in [5.74, 6) is 0.253. The molecule has 1 aliphatic heterocycles. The van der Waals surface area contributed by atoms with Gasteiger partial charge in [-0.3, -0.25) is 4.79 Å². The summed E-state index contributed by atoms with van der Waals surface area (Å²) >= 11 is 0. The van der Waals surface area contributed by atoms with Crippen LogP contribution in [-0.4, -0.2) is 17.6 Å². The molecule has 0 bridgehead atoms. The fraction of sp³-hybridized carbons (Fsp3) is 0.214. The minimum atomic E-state index is 0.124. The number of benzene rings is 2. The van der Waals surface area contributed by atoms with Crippen LogP contribution in [0.15, 0.2) is 30.3 Å². The quantitative estimate of drug-likeness (QED) is 0.754. The molecule has 1 heterocycles. The van der Waals surface area contributed by atoms with Crippen LogP contribution in [0.25, 0.3) is 10.8 Å². The lowest BCUT2D eigenvalue weighted by Crippen LogP contribution is -2.23. The van der Waals surface area contributed by atoms with E-state index in [1.54, 1.807) is 11.0 Å². The minimum absolute atomic E-state index is 0.124. The van der Waals surface area contributed by atoms with Gasteiger partial charge in [-0.2, -0.15) is 0 Å². The molecule has 0 saturated carbocycles. The average molecular weight is 242 g/mol. The monoisotopic (exact) mass is 242 g/mol. The van der Waals surface area contributed by atoms with Crippen molar-refractivity contribution in [2.75, 3.05) is 17.2 Å². The van der Waals surface area contributed by atoms with Gasteiger partial charge in [-0.05, 0) is 18.6 Å². The van der Waals surface area contributed by atoms with E-state index in [1.807, 2.05) is 18.2 Å². The smallest absolute Gasteiger partial charge is 0.227 e. The van der Waals surface area contributed by atoms with E-state index in [0.717, 1.165) is 29.4 Å². The van der Waals surface area contributed by atoms with Crippen LogP contribution in [0.5, 0.6) is 5.75 Å². The van der Waals surface area contributed by atoms with Gasteiger partial charge in [0.05, 0.1) is 5.69 Å². The molecule has 18 heavy (non-hydrogen) atoms. The Hall–Kier alpha value is -2.23. The molecule has 0 aliphatic carbocycles. The molecule has 2 aromatic rings. The Kier molecular flexibility index (Phi) is 2.37. The molecular formula is C14H14N2O2. The minimum Gasteiger partial charge on any atom is -0.508 e. The molecule has 1 saturated heterocycles. The van der Waals surface area contributed by atoms with Crippen LogP contribution in [0, 0.1) is 0 Å². The maximum Gasteiger partial charge on any atom is 0.227 e. The van der Waals surface area contributed by atoms with E-state index in [1.165, 1.54) is 6.07 Å². The van der Waals surface area contributed by atoms with E-state index in [4.69, 9.17) is 5.73 Å². The number of fused-ring (bicyclic) bond motifs is 1. The van der Waals surface area contributed by atoms with Gasteiger partial charge >= 0.3 is 0 Å². The molecule has 92 valence electrons. The molecule has 3 rings (SSSR count). The van der Waals surface area contributed by atoms with Crippen molar-refractivity contribution in [1.82, 2.24) is 0 Å². The fourth-order valence-corrected chi connectivity index (χ4v) is 2.52. The maximum atomic E-state index is 11.8. The lowest BCUT2D eigenvalue weighted by Gasteiger charge is -2.18. The first-order valence-electron chi connectivity index (χ1n) is 5.98. The highest BCUT2D eigenvalue weighted by Gasteiger charge is 2.23. The van der Waals surface area contributed by atoms with Gasteiger partial charge in [-0.1, -0.05) is 12.1 Å². The molecule has 3 N–H and O–H groups in total. The van der Waals surface area contributed by atoms with Crippen molar-refractivity contribution < 1.29 is 9.90 Å². The number of carbonyl (C=O) groups excluding carboxylic acids is 1. The summed E-state index contributed by atoms with van der Waals surface area (Å²) in [6, 6.07) is 8.86.